The summed E-state index contributed by atoms with van der Waals surface area (Å²) in [6.45, 7) is 4.55. The molecule has 2 rings (SSSR count). The summed E-state index contributed by atoms with van der Waals surface area (Å²) in [6, 6.07) is 0.601. The van der Waals surface area contributed by atoms with E-state index in [4.69, 9.17) is 5.73 Å². The van der Waals surface area contributed by atoms with Crippen LogP contribution in [0.25, 0.3) is 0 Å². The molecule has 2 N–H and O–H groups in total. The maximum absolute atomic E-state index is 5.71. The average Bonchev–Trinajstić information content (AvgIpc) is 2.61. The first-order valence-electron chi connectivity index (χ1n) is 4.56. The zero-order valence-corrected chi connectivity index (χ0v) is 8.47. The molecule has 0 aromatic heterocycles. The molecule has 0 aromatic carbocycles. The number of fused-ring (bicyclic) bond motifs is 1. The maximum Gasteiger partial charge on any atom is 0.0943 e. The minimum atomic E-state index is 0. The second kappa shape index (κ2) is 3.25. The molecule has 2 aliphatic rings. The zero-order chi connectivity index (χ0) is 8.01. The van der Waals surface area contributed by atoms with Gasteiger partial charge in [0.15, 0.2) is 0 Å². The van der Waals surface area contributed by atoms with E-state index in [9.17, 15) is 0 Å². The van der Waals surface area contributed by atoms with Crippen molar-refractivity contribution in [1.29, 1.82) is 0 Å². The van der Waals surface area contributed by atoms with Crippen LogP contribution in [0, 0.1) is 17.8 Å². The van der Waals surface area contributed by atoms with E-state index in [-0.39, 0.29) is 12.4 Å². The summed E-state index contributed by atoms with van der Waals surface area (Å²) in [4.78, 5) is 4.45. The minimum Gasteiger partial charge on any atom is -0.387 e. The first kappa shape index (κ1) is 9.85. The van der Waals surface area contributed by atoms with Gasteiger partial charge in [-0.3, -0.25) is 4.99 Å². The Labute approximate surface area is 80.0 Å². The Kier molecular flexibility index (Phi) is 2.67. The van der Waals surface area contributed by atoms with E-state index in [2.05, 4.69) is 18.8 Å². The number of hydrogen-bond donors (Lipinski definition) is 1. The Morgan fingerprint density at radius 3 is 2.83 bits per heavy atom. The zero-order valence-electron chi connectivity index (χ0n) is 7.66. The lowest BCUT2D eigenvalue weighted by molar-refractivity contribution is 0.471. The lowest BCUT2D eigenvalue weighted by Gasteiger charge is -2.13. The fraction of sp³-hybridized carbons (Fsp3) is 0.889. The molecule has 0 amide bonds. The topological polar surface area (TPSA) is 38.4 Å². The van der Waals surface area contributed by atoms with Crippen molar-refractivity contribution in [2.75, 3.05) is 0 Å². The number of aliphatic imine (C=N–C) groups is 1. The molecule has 3 heteroatoms. The summed E-state index contributed by atoms with van der Waals surface area (Å²) in [6.07, 6.45) is 2.30. The third kappa shape index (κ3) is 1.33. The van der Waals surface area contributed by atoms with Crippen molar-refractivity contribution in [3.63, 3.8) is 0 Å². The maximum atomic E-state index is 5.71. The molecular formula is C9H17ClN2. The van der Waals surface area contributed by atoms with Crippen LogP contribution in [0.1, 0.15) is 26.7 Å². The van der Waals surface area contributed by atoms with Gasteiger partial charge >= 0.3 is 0 Å². The van der Waals surface area contributed by atoms with Crippen LogP contribution < -0.4 is 5.73 Å². The Morgan fingerprint density at radius 2 is 2.25 bits per heavy atom. The summed E-state index contributed by atoms with van der Waals surface area (Å²) in [5, 5.41) is 0. The van der Waals surface area contributed by atoms with Gasteiger partial charge in [-0.05, 0) is 17.8 Å². The highest BCUT2D eigenvalue weighted by molar-refractivity contribution is 5.85. The monoisotopic (exact) mass is 188 g/mol. The quantitative estimate of drug-likeness (QED) is 0.670. The Bertz CT molecular complexity index is 203. The van der Waals surface area contributed by atoms with Gasteiger partial charge in [0.05, 0.1) is 11.9 Å². The third-order valence-corrected chi connectivity index (χ3v) is 3.16. The van der Waals surface area contributed by atoms with Gasteiger partial charge in [0, 0.05) is 6.42 Å². The third-order valence-electron chi connectivity index (χ3n) is 3.16. The molecule has 1 aliphatic heterocycles. The number of hydrogen-bond acceptors (Lipinski definition) is 2. The van der Waals surface area contributed by atoms with Crippen molar-refractivity contribution < 1.29 is 0 Å². The van der Waals surface area contributed by atoms with Crippen LogP contribution in [0.5, 0.6) is 0 Å². The van der Waals surface area contributed by atoms with Gasteiger partial charge in [-0.15, -0.1) is 12.4 Å². The summed E-state index contributed by atoms with van der Waals surface area (Å²) in [7, 11) is 0. The van der Waals surface area contributed by atoms with Crippen molar-refractivity contribution in [2.45, 2.75) is 32.7 Å². The molecule has 1 saturated carbocycles. The van der Waals surface area contributed by atoms with Crippen LogP contribution in [0.4, 0.5) is 0 Å². The van der Waals surface area contributed by atoms with E-state index in [1.807, 2.05) is 0 Å². The standard InChI is InChI=1S/C9H16N2.ClH/c1-3-6-8-5(2)4-7(10)11-9(6)8;/h5-6,8-9H,3-4H2,1-2H3,(H2,10,11);1H/t5-,6+,8-,9+;/m0./s1. The van der Waals surface area contributed by atoms with Gasteiger partial charge in [-0.25, -0.2) is 0 Å². The van der Waals surface area contributed by atoms with E-state index in [0.29, 0.717) is 6.04 Å². The lowest BCUT2D eigenvalue weighted by atomic mass is 9.98. The van der Waals surface area contributed by atoms with Gasteiger partial charge in [0.1, 0.15) is 0 Å². The van der Waals surface area contributed by atoms with Crippen LogP contribution in [0.2, 0.25) is 0 Å². The highest BCUT2D eigenvalue weighted by Crippen LogP contribution is 2.52. The van der Waals surface area contributed by atoms with Gasteiger partial charge in [0.2, 0.25) is 0 Å². The van der Waals surface area contributed by atoms with Crippen molar-refractivity contribution in [3.05, 3.63) is 0 Å². The van der Waals surface area contributed by atoms with Gasteiger partial charge in [0.25, 0.3) is 0 Å². The molecule has 0 aromatic rings. The molecule has 0 unspecified atom stereocenters. The smallest absolute Gasteiger partial charge is 0.0943 e. The second-order valence-electron chi connectivity index (χ2n) is 3.94. The number of amidine groups is 1. The van der Waals surface area contributed by atoms with E-state index in [1.54, 1.807) is 0 Å². The summed E-state index contributed by atoms with van der Waals surface area (Å²) in [5.41, 5.74) is 5.71. The lowest BCUT2D eigenvalue weighted by Crippen LogP contribution is -2.22. The van der Waals surface area contributed by atoms with Crippen LogP contribution in [0.3, 0.4) is 0 Å². The molecule has 0 radical (unpaired) electrons. The number of rotatable bonds is 1. The number of nitrogens with two attached hydrogens (primary N) is 1. The molecule has 2 nitrogen and oxygen atoms in total. The highest BCUT2D eigenvalue weighted by atomic mass is 35.5. The average molecular weight is 189 g/mol. The van der Waals surface area contributed by atoms with Crippen molar-refractivity contribution in [3.8, 4) is 0 Å². The second-order valence-corrected chi connectivity index (χ2v) is 3.94. The molecule has 0 saturated heterocycles. The first-order valence-corrected chi connectivity index (χ1v) is 4.56. The van der Waals surface area contributed by atoms with Crippen molar-refractivity contribution >= 4 is 18.2 Å². The Hall–Kier alpha value is -0.240. The van der Waals surface area contributed by atoms with E-state index in [0.717, 1.165) is 30.0 Å². The minimum absolute atomic E-state index is 0. The molecule has 1 heterocycles. The fourth-order valence-corrected chi connectivity index (χ4v) is 2.55. The van der Waals surface area contributed by atoms with E-state index in [1.165, 1.54) is 6.42 Å². The van der Waals surface area contributed by atoms with Crippen LogP contribution >= 0.6 is 12.4 Å². The molecule has 12 heavy (non-hydrogen) atoms. The molecule has 0 spiro atoms. The number of nitrogens with zero attached hydrogens (tertiary/aromatic N) is 1. The molecule has 1 fully saturated rings. The predicted molar refractivity (Wildman–Crippen MR) is 53.7 cm³/mol. The predicted octanol–water partition coefficient (Wildman–Crippen LogP) is 1.83. The molecule has 4 atom stereocenters. The van der Waals surface area contributed by atoms with Crippen molar-refractivity contribution in [1.82, 2.24) is 0 Å². The summed E-state index contributed by atoms with van der Waals surface area (Å²) < 4.78 is 0. The Balaban J connectivity index is 0.000000720. The van der Waals surface area contributed by atoms with E-state index >= 15 is 0 Å². The molecule has 1 aliphatic carbocycles. The fourth-order valence-electron chi connectivity index (χ4n) is 2.55. The van der Waals surface area contributed by atoms with Gasteiger partial charge in [-0.2, -0.15) is 0 Å². The molecule has 70 valence electrons. The summed E-state index contributed by atoms with van der Waals surface area (Å²) >= 11 is 0. The molecule has 0 bridgehead atoms. The summed E-state index contributed by atoms with van der Waals surface area (Å²) in [5.74, 6) is 3.38. The van der Waals surface area contributed by atoms with Crippen LogP contribution in [-0.2, 0) is 0 Å². The van der Waals surface area contributed by atoms with Gasteiger partial charge < -0.3 is 5.73 Å². The largest absolute Gasteiger partial charge is 0.387 e. The molecular weight excluding hydrogens is 172 g/mol. The normalized spacial score (nSPS) is 44.0. The van der Waals surface area contributed by atoms with Crippen LogP contribution in [0.15, 0.2) is 4.99 Å². The number of halogens is 1. The highest BCUT2D eigenvalue weighted by Gasteiger charge is 2.53. The SMILES string of the molecule is CC[C@H]1[C@H]2N=C(N)C[C@H](C)[C@@H]12.Cl. The first-order chi connectivity index (χ1) is 5.24. The van der Waals surface area contributed by atoms with Gasteiger partial charge in [-0.1, -0.05) is 20.3 Å². The van der Waals surface area contributed by atoms with Crippen LogP contribution in [-0.4, -0.2) is 11.9 Å². The van der Waals surface area contributed by atoms with E-state index < -0.39 is 0 Å². The Morgan fingerprint density at radius 1 is 1.58 bits per heavy atom. The van der Waals surface area contributed by atoms with Crippen molar-refractivity contribution in [2.24, 2.45) is 28.5 Å².